The SMILES string of the molecule is CC[C@@H]1Cc2ccccc2CN1. The molecular formula is C11H15N. The van der Waals surface area contributed by atoms with E-state index in [4.69, 9.17) is 0 Å². The highest BCUT2D eigenvalue weighted by Gasteiger charge is 2.14. The van der Waals surface area contributed by atoms with Gasteiger partial charge in [0.05, 0.1) is 0 Å². The minimum Gasteiger partial charge on any atom is -0.310 e. The first-order valence-electron chi connectivity index (χ1n) is 4.70. The number of hydrogen-bond donors (Lipinski definition) is 1. The predicted molar refractivity (Wildman–Crippen MR) is 51.1 cm³/mol. The van der Waals surface area contributed by atoms with Gasteiger partial charge in [-0.1, -0.05) is 31.2 Å². The molecule has 0 aliphatic carbocycles. The number of fused-ring (bicyclic) bond motifs is 1. The molecule has 1 aromatic carbocycles. The van der Waals surface area contributed by atoms with Gasteiger partial charge < -0.3 is 5.32 Å². The van der Waals surface area contributed by atoms with Gasteiger partial charge in [0.15, 0.2) is 0 Å². The quantitative estimate of drug-likeness (QED) is 0.665. The number of rotatable bonds is 1. The third-order valence-electron chi connectivity index (χ3n) is 2.66. The fourth-order valence-corrected chi connectivity index (χ4v) is 1.81. The van der Waals surface area contributed by atoms with E-state index >= 15 is 0 Å². The lowest BCUT2D eigenvalue weighted by molar-refractivity contribution is 0.468. The van der Waals surface area contributed by atoms with E-state index in [0.29, 0.717) is 6.04 Å². The van der Waals surface area contributed by atoms with E-state index in [2.05, 4.69) is 36.5 Å². The standard InChI is InChI=1S/C11H15N/c1-2-11-7-9-5-3-4-6-10(9)8-12-11/h3-6,11-12H,2,7-8H2,1H3/t11-/m1/s1. The second-order valence-corrected chi connectivity index (χ2v) is 3.46. The van der Waals surface area contributed by atoms with Crippen LogP contribution in [0.25, 0.3) is 0 Å². The van der Waals surface area contributed by atoms with Gasteiger partial charge in [0.2, 0.25) is 0 Å². The highest BCUT2D eigenvalue weighted by atomic mass is 14.9. The summed E-state index contributed by atoms with van der Waals surface area (Å²) in [5.41, 5.74) is 3.00. The maximum absolute atomic E-state index is 3.52. The molecule has 0 saturated heterocycles. The van der Waals surface area contributed by atoms with Crippen LogP contribution in [0.4, 0.5) is 0 Å². The van der Waals surface area contributed by atoms with Gasteiger partial charge >= 0.3 is 0 Å². The van der Waals surface area contributed by atoms with Gasteiger partial charge in [0, 0.05) is 12.6 Å². The molecule has 1 aliphatic rings. The van der Waals surface area contributed by atoms with Gasteiger partial charge in [-0.05, 0) is 24.0 Å². The molecule has 0 aromatic heterocycles. The normalized spacial score (nSPS) is 21.9. The first-order valence-corrected chi connectivity index (χ1v) is 4.70. The van der Waals surface area contributed by atoms with E-state index in [-0.39, 0.29) is 0 Å². The van der Waals surface area contributed by atoms with Crippen molar-refractivity contribution in [3.63, 3.8) is 0 Å². The number of benzene rings is 1. The Hall–Kier alpha value is -0.820. The Balaban J connectivity index is 2.23. The van der Waals surface area contributed by atoms with Gasteiger partial charge in [0.25, 0.3) is 0 Å². The molecule has 0 amide bonds. The van der Waals surface area contributed by atoms with Crippen molar-refractivity contribution in [2.45, 2.75) is 32.4 Å². The lowest BCUT2D eigenvalue weighted by Gasteiger charge is -2.24. The van der Waals surface area contributed by atoms with Crippen molar-refractivity contribution in [1.82, 2.24) is 5.32 Å². The predicted octanol–water partition coefficient (Wildman–Crippen LogP) is 2.11. The number of nitrogens with one attached hydrogen (secondary N) is 1. The van der Waals surface area contributed by atoms with Crippen LogP contribution >= 0.6 is 0 Å². The van der Waals surface area contributed by atoms with Crippen molar-refractivity contribution < 1.29 is 0 Å². The molecule has 0 fully saturated rings. The van der Waals surface area contributed by atoms with Gasteiger partial charge in [-0.25, -0.2) is 0 Å². The minimum atomic E-state index is 0.694. The van der Waals surface area contributed by atoms with E-state index in [1.807, 2.05) is 0 Å². The van der Waals surface area contributed by atoms with Crippen molar-refractivity contribution >= 4 is 0 Å². The largest absolute Gasteiger partial charge is 0.310 e. The zero-order chi connectivity index (χ0) is 8.39. The Kier molecular flexibility index (Phi) is 2.13. The van der Waals surface area contributed by atoms with E-state index in [0.717, 1.165) is 6.54 Å². The number of hydrogen-bond acceptors (Lipinski definition) is 1. The highest BCUT2D eigenvalue weighted by molar-refractivity contribution is 5.29. The maximum Gasteiger partial charge on any atom is 0.0210 e. The molecule has 0 bridgehead atoms. The molecule has 1 heteroatoms. The summed E-state index contributed by atoms with van der Waals surface area (Å²) in [7, 11) is 0. The van der Waals surface area contributed by atoms with Crippen molar-refractivity contribution in [3.05, 3.63) is 35.4 Å². The van der Waals surface area contributed by atoms with Gasteiger partial charge in [-0.3, -0.25) is 0 Å². The average Bonchev–Trinajstić information content (AvgIpc) is 2.17. The first-order chi connectivity index (χ1) is 5.90. The molecule has 2 rings (SSSR count). The Morgan fingerprint density at radius 3 is 2.83 bits per heavy atom. The zero-order valence-electron chi connectivity index (χ0n) is 7.51. The topological polar surface area (TPSA) is 12.0 Å². The molecule has 1 nitrogen and oxygen atoms in total. The molecule has 0 unspecified atom stereocenters. The van der Waals surface area contributed by atoms with Gasteiger partial charge in [-0.15, -0.1) is 0 Å². The lowest BCUT2D eigenvalue weighted by Crippen LogP contribution is -2.34. The summed E-state index contributed by atoms with van der Waals surface area (Å²) in [6, 6.07) is 9.41. The molecule has 1 atom stereocenters. The summed E-state index contributed by atoms with van der Waals surface area (Å²) in [6.07, 6.45) is 2.43. The Labute approximate surface area is 73.8 Å². The van der Waals surface area contributed by atoms with E-state index in [1.54, 1.807) is 0 Å². The third-order valence-corrected chi connectivity index (χ3v) is 2.66. The first kappa shape index (κ1) is 7.81. The van der Waals surface area contributed by atoms with Crippen molar-refractivity contribution in [1.29, 1.82) is 0 Å². The van der Waals surface area contributed by atoms with Crippen LogP contribution in [0.3, 0.4) is 0 Å². The van der Waals surface area contributed by atoms with E-state index in [1.165, 1.54) is 24.0 Å². The summed E-state index contributed by atoms with van der Waals surface area (Å²) in [5, 5.41) is 3.52. The average molecular weight is 161 g/mol. The zero-order valence-corrected chi connectivity index (χ0v) is 7.51. The van der Waals surface area contributed by atoms with E-state index in [9.17, 15) is 0 Å². The Bertz CT molecular complexity index is 267. The Morgan fingerprint density at radius 2 is 2.08 bits per heavy atom. The van der Waals surface area contributed by atoms with Crippen molar-refractivity contribution in [2.24, 2.45) is 0 Å². The van der Waals surface area contributed by atoms with Gasteiger partial charge in [0.1, 0.15) is 0 Å². The molecule has 0 radical (unpaired) electrons. The molecule has 0 spiro atoms. The van der Waals surface area contributed by atoms with E-state index < -0.39 is 0 Å². The van der Waals surface area contributed by atoms with Crippen molar-refractivity contribution in [3.8, 4) is 0 Å². The highest BCUT2D eigenvalue weighted by Crippen LogP contribution is 2.17. The Morgan fingerprint density at radius 1 is 1.33 bits per heavy atom. The second kappa shape index (κ2) is 3.28. The summed E-state index contributed by atoms with van der Waals surface area (Å²) >= 11 is 0. The van der Waals surface area contributed by atoms with Crippen LogP contribution in [0.2, 0.25) is 0 Å². The van der Waals surface area contributed by atoms with Crippen LogP contribution in [-0.2, 0) is 13.0 Å². The van der Waals surface area contributed by atoms with Crippen molar-refractivity contribution in [2.75, 3.05) is 0 Å². The molecule has 1 heterocycles. The maximum atomic E-state index is 3.52. The molecule has 64 valence electrons. The van der Waals surface area contributed by atoms with Gasteiger partial charge in [-0.2, -0.15) is 0 Å². The fraction of sp³-hybridized carbons (Fsp3) is 0.455. The summed E-state index contributed by atoms with van der Waals surface area (Å²) in [6.45, 7) is 3.29. The fourth-order valence-electron chi connectivity index (χ4n) is 1.81. The van der Waals surface area contributed by atoms with Crippen LogP contribution in [0.1, 0.15) is 24.5 Å². The third kappa shape index (κ3) is 1.37. The summed E-state index contributed by atoms with van der Waals surface area (Å²) in [4.78, 5) is 0. The van der Waals surface area contributed by atoms with Crippen LogP contribution in [-0.4, -0.2) is 6.04 Å². The smallest absolute Gasteiger partial charge is 0.0210 e. The molecule has 1 aromatic rings. The second-order valence-electron chi connectivity index (χ2n) is 3.46. The molecule has 12 heavy (non-hydrogen) atoms. The molecule has 1 N–H and O–H groups in total. The van der Waals surface area contributed by atoms with Crippen LogP contribution < -0.4 is 5.32 Å². The minimum absolute atomic E-state index is 0.694. The van der Waals surface area contributed by atoms with Crippen LogP contribution in [0.5, 0.6) is 0 Å². The lowest BCUT2D eigenvalue weighted by atomic mass is 9.95. The monoisotopic (exact) mass is 161 g/mol. The van der Waals surface area contributed by atoms with Crippen LogP contribution in [0, 0.1) is 0 Å². The summed E-state index contributed by atoms with van der Waals surface area (Å²) < 4.78 is 0. The molecular weight excluding hydrogens is 146 g/mol. The molecule has 1 aliphatic heterocycles. The molecule has 0 saturated carbocycles. The summed E-state index contributed by atoms with van der Waals surface area (Å²) in [5.74, 6) is 0. The van der Waals surface area contributed by atoms with Crippen LogP contribution in [0.15, 0.2) is 24.3 Å².